The van der Waals surface area contributed by atoms with Gasteiger partial charge in [-0.25, -0.2) is 0 Å². The predicted molar refractivity (Wildman–Crippen MR) is 66.1 cm³/mol. The van der Waals surface area contributed by atoms with Crippen molar-refractivity contribution < 1.29 is 9.59 Å². The number of fused-ring (bicyclic) bond motifs is 4. The fourth-order valence-electron chi connectivity index (χ4n) is 2.60. The van der Waals surface area contributed by atoms with Crippen molar-refractivity contribution in [2.75, 3.05) is 0 Å². The van der Waals surface area contributed by atoms with Crippen LogP contribution in [-0.2, 0) is 4.79 Å². The molecule has 1 fully saturated rings. The number of nitrogens with one attached hydrogen (secondary N) is 2. The Kier molecular flexibility index (Phi) is 1.73. The molecule has 2 aliphatic rings. The average molecular weight is 238 g/mol. The summed E-state index contributed by atoms with van der Waals surface area (Å²) in [7, 11) is 0. The largest absolute Gasteiger partial charge is 0.295 e. The Hall–Kier alpha value is -2.20. The molecule has 2 aromatic rings. The summed E-state index contributed by atoms with van der Waals surface area (Å²) in [5.74, 6) is -0.528. The molecule has 2 amide bonds. The second-order valence-electron chi connectivity index (χ2n) is 4.73. The lowest BCUT2D eigenvalue weighted by molar-refractivity contribution is -0.119. The van der Waals surface area contributed by atoms with E-state index in [0.717, 1.165) is 16.3 Å². The maximum Gasteiger partial charge on any atom is 0.258 e. The minimum absolute atomic E-state index is 0.0175. The fraction of sp³-hybridized carbons (Fsp3) is 0.143. The minimum atomic E-state index is -0.297. The molecule has 2 N–H and O–H groups in total. The summed E-state index contributed by atoms with van der Waals surface area (Å²) in [6.45, 7) is 0. The molecular formula is C14H10N2O2. The zero-order chi connectivity index (χ0) is 12.3. The van der Waals surface area contributed by atoms with Crippen molar-refractivity contribution in [1.29, 1.82) is 0 Å². The molecule has 18 heavy (non-hydrogen) atoms. The normalized spacial score (nSPS) is 25.1. The van der Waals surface area contributed by atoms with Gasteiger partial charge in [0, 0.05) is 5.56 Å². The van der Waals surface area contributed by atoms with E-state index in [1.165, 1.54) is 0 Å². The van der Waals surface area contributed by atoms with Crippen LogP contribution in [0.3, 0.4) is 0 Å². The number of hydrogen-bond acceptors (Lipinski definition) is 3. The van der Waals surface area contributed by atoms with E-state index < -0.39 is 0 Å². The Morgan fingerprint density at radius 2 is 1.67 bits per heavy atom. The van der Waals surface area contributed by atoms with Gasteiger partial charge in [0.2, 0.25) is 5.91 Å². The third kappa shape index (κ3) is 1.23. The summed E-state index contributed by atoms with van der Waals surface area (Å²) in [5.41, 5.74) is 1.52. The molecule has 0 aliphatic carbocycles. The maximum absolute atomic E-state index is 12.0. The van der Waals surface area contributed by atoms with Crippen LogP contribution in [0.2, 0.25) is 0 Å². The number of amides is 2. The Morgan fingerprint density at radius 1 is 0.944 bits per heavy atom. The van der Waals surface area contributed by atoms with Gasteiger partial charge in [-0.05, 0) is 28.5 Å². The van der Waals surface area contributed by atoms with Gasteiger partial charge >= 0.3 is 0 Å². The first-order valence-electron chi connectivity index (χ1n) is 5.88. The van der Waals surface area contributed by atoms with E-state index in [-0.39, 0.29) is 23.9 Å². The zero-order valence-electron chi connectivity index (χ0n) is 9.44. The fourth-order valence-corrected chi connectivity index (χ4v) is 2.60. The van der Waals surface area contributed by atoms with Gasteiger partial charge in [-0.2, -0.15) is 0 Å². The molecule has 2 heterocycles. The molecule has 0 aromatic heterocycles. The number of carbonyl (C=O) groups excluding carboxylic acids is 2. The van der Waals surface area contributed by atoms with Crippen LogP contribution in [0.4, 0.5) is 0 Å². The van der Waals surface area contributed by atoms with Crippen molar-refractivity contribution in [2.24, 2.45) is 0 Å². The predicted octanol–water partition coefficient (Wildman–Crippen LogP) is 1.12. The number of imide groups is 1. The Labute approximate surface area is 103 Å². The summed E-state index contributed by atoms with van der Waals surface area (Å²) >= 11 is 0. The van der Waals surface area contributed by atoms with E-state index in [1.54, 1.807) is 0 Å². The highest BCUT2D eigenvalue weighted by Crippen LogP contribution is 2.36. The van der Waals surface area contributed by atoms with Crippen LogP contribution in [0, 0.1) is 0 Å². The first-order chi connectivity index (χ1) is 8.74. The van der Waals surface area contributed by atoms with Crippen LogP contribution in [-0.4, -0.2) is 17.9 Å². The van der Waals surface area contributed by atoms with Crippen molar-refractivity contribution in [3.63, 3.8) is 0 Å². The van der Waals surface area contributed by atoms with Crippen molar-refractivity contribution in [3.05, 3.63) is 47.5 Å². The average Bonchev–Trinajstić information content (AvgIpc) is 3.17. The SMILES string of the molecule is O=C1NC(=O)C2N[C@H]2c2cc3ccccc3cc21. The lowest BCUT2D eigenvalue weighted by Gasteiger charge is -2.07. The standard InChI is InChI=1S/C14H10N2O2/c17-13-10-6-8-4-2-1-3-7(8)5-9(10)11-12(15-11)14(18)16-13/h1-6,11-12,15H,(H,16,17,18)/t11-,12?/m0/s1. The molecule has 0 radical (unpaired) electrons. The molecule has 88 valence electrons. The molecule has 1 unspecified atom stereocenters. The van der Waals surface area contributed by atoms with Crippen LogP contribution in [0.15, 0.2) is 36.4 Å². The van der Waals surface area contributed by atoms with Gasteiger partial charge in [0.1, 0.15) is 6.04 Å². The van der Waals surface area contributed by atoms with Gasteiger partial charge in [0.25, 0.3) is 5.91 Å². The van der Waals surface area contributed by atoms with E-state index in [0.29, 0.717) is 5.56 Å². The molecule has 0 bridgehead atoms. The Morgan fingerprint density at radius 3 is 2.44 bits per heavy atom. The Balaban J connectivity index is 2.00. The van der Waals surface area contributed by atoms with Crippen LogP contribution < -0.4 is 10.6 Å². The van der Waals surface area contributed by atoms with Gasteiger partial charge in [-0.1, -0.05) is 24.3 Å². The number of rotatable bonds is 0. The van der Waals surface area contributed by atoms with E-state index in [9.17, 15) is 9.59 Å². The third-order valence-electron chi connectivity index (χ3n) is 3.60. The molecule has 0 saturated carbocycles. The van der Waals surface area contributed by atoms with Gasteiger partial charge in [0.05, 0.1) is 6.04 Å². The van der Waals surface area contributed by atoms with Crippen LogP contribution in [0.1, 0.15) is 22.0 Å². The number of benzene rings is 2. The van der Waals surface area contributed by atoms with Gasteiger partial charge in [0.15, 0.2) is 0 Å². The quantitative estimate of drug-likeness (QED) is 0.534. The van der Waals surface area contributed by atoms with Crippen molar-refractivity contribution in [2.45, 2.75) is 12.1 Å². The Bertz CT molecular complexity index is 708. The summed E-state index contributed by atoms with van der Waals surface area (Å²) < 4.78 is 0. The molecule has 0 spiro atoms. The summed E-state index contributed by atoms with van der Waals surface area (Å²) in [4.78, 5) is 23.6. The van der Waals surface area contributed by atoms with Crippen LogP contribution in [0.5, 0.6) is 0 Å². The smallest absolute Gasteiger partial charge is 0.258 e. The van der Waals surface area contributed by atoms with E-state index >= 15 is 0 Å². The topological polar surface area (TPSA) is 68.1 Å². The maximum atomic E-state index is 12.0. The number of carbonyl (C=O) groups is 2. The van der Waals surface area contributed by atoms with Crippen LogP contribution in [0.25, 0.3) is 10.8 Å². The zero-order valence-corrected chi connectivity index (χ0v) is 9.44. The molecule has 2 aromatic carbocycles. The van der Waals surface area contributed by atoms with Crippen molar-refractivity contribution >= 4 is 22.6 Å². The summed E-state index contributed by atoms with van der Waals surface area (Å²) in [6, 6.07) is 11.5. The summed E-state index contributed by atoms with van der Waals surface area (Å²) in [6.07, 6.45) is 0. The minimum Gasteiger partial charge on any atom is -0.295 e. The monoisotopic (exact) mass is 238 g/mol. The van der Waals surface area contributed by atoms with Crippen LogP contribution >= 0.6 is 0 Å². The third-order valence-corrected chi connectivity index (χ3v) is 3.60. The van der Waals surface area contributed by atoms with E-state index in [1.807, 2.05) is 36.4 Å². The highest BCUT2D eigenvalue weighted by atomic mass is 16.2. The molecule has 4 rings (SSSR count). The molecule has 4 heteroatoms. The second-order valence-corrected chi connectivity index (χ2v) is 4.73. The lowest BCUT2D eigenvalue weighted by atomic mass is 9.98. The molecular weight excluding hydrogens is 228 g/mol. The van der Waals surface area contributed by atoms with Gasteiger partial charge < -0.3 is 0 Å². The lowest BCUT2D eigenvalue weighted by Crippen LogP contribution is -2.33. The summed E-state index contributed by atoms with van der Waals surface area (Å²) in [5, 5.41) is 7.61. The number of hydrogen-bond donors (Lipinski definition) is 2. The van der Waals surface area contributed by atoms with Gasteiger partial charge in [-0.15, -0.1) is 0 Å². The van der Waals surface area contributed by atoms with Crippen molar-refractivity contribution in [3.8, 4) is 0 Å². The highest BCUT2D eigenvalue weighted by molar-refractivity contribution is 6.11. The van der Waals surface area contributed by atoms with Crippen molar-refractivity contribution in [1.82, 2.24) is 10.6 Å². The first kappa shape index (κ1) is 9.79. The van der Waals surface area contributed by atoms with Gasteiger partial charge in [-0.3, -0.25) is 20.2 Å². The second kappa shape index (κ2) is 3.17. The highest BCUT2D eigenvalue weighted by Gasteiger charge is 2.47. The van der Waals surface area contributed by atoms with E-state index in [4.69, 9.17) is 0 Å². The van der Waals surface area contributed by atoms with E-state index in [2.05, 4.69) is 10.6 Å². The molecule has 1 saturated heterocycles. The molecule has 2 atom stereocenters. The molecule has 2 aliphatic heterocycles. The first-order valence-corrected chi connectivity index (χ1v) is 5.88. The molecule has 4 nitrogen and oxygen atoms in total.